The number of aliphatic hydroxyl groups is 1. The molecular formula is C27H34F6N6O10. The van der Waals surface area contributed by atoms with E-state index in [-0.39, 0.29) is 37.4 Å². The summed E-state index contributed by atoms with van der Waals surface area (Å²) in [5.74, 6) is -12.8. The van der Waals surface area contributed by atoms with Crippen molar-refractivity contribution in [3.05, 3.63) is 24.0 Å². The van der Waals surface area contributed by atoms with Crippen molar-refractivity contribution in [2.45, 2.75) is 62.6 Å². The Labute approximate surface area is 273 Å². The second-order valence-corrected chi connectivity index (χ2v) is 10.7. The Hall–Kier alpha value is -4.86. The molecule has 0 aromatic heterocycles. The summed E-state index contributed by atoms with van der Waals surface area (Å²) >= 11 is 0. The van der Waals surface area contributed by atoms with Crippen LogP contribution in [0.5, 0.6) is 5.75 Å². The van der Waals surface area contributed by atoms with Gasteiger partial charge in [0.25, 0.3) is 17.7 Å². The molecule has 4 atom stereocenters. The number of ether oxygens (including phenoxy) is 2. The number of hydrogen-bond donors (Lipinski definition) is 7. The van der Waals surface area contributed by atoms with Crippen LogP contribution in [-0.2, 0) is 28.7 Å². The van der Waals surface area contributed by atoms with Crippen LogP contribution < -0.4 is 36.6 Å². The van der Waals surface area contributed by atoms with E-state index in [0.717, 1.165) is 28.4 Å². The molecule has 1 aromatic rings. The maximum Gasteiger partial charge on any atom is 0.455 e. The molecule has 1 aromatic carbocycles. The van der Waals surface area contributed by atoms with Gasteiger partial charge in [0.15, 0.2) is 0 Å². The molecule has 0 bridgehead atoms. The quantitative estimate of drug-likeness (QED) is 0.0696. The third-order valence-electron chi connectivity index (χ3n) is 6.83. The molecule has 5 amide bonds. The summed E-state index contributed by atoms with van der Waals surface area (Å²) in [5.41, 5.74) is 2.09. The molecule has 0 aliphatic carbocycles. The van der Waals surface area contributed by atoms with Crippen LogP contribution in [0.3, 0.4) is 0 Å². The smallest absolute Gasteiger partial charge is 0.455 e. The zero-order valence-corrected chi connectivity index (χ0v) is 25.9. The van der Waals surface area contributed by atoms with E-state index in [1.54, 1.807) is 0 Å². The third-order valence-corrected chi connectivity index (χ3v) is 6.83. The Balaban J connectivity index is 2.07. The van der Waals surface area contributed by atoms with Crippen LogP contribution in [0.1, 0.15) is 26.7 Å². The van der Waals surface area contributed by atoms with Crippen LogP contribution in [0, 0.1) is 5.82 Å². The summed E-state index contributed by atoms with van der Waals surface area (Å²) in [7, 11) is 0. The largest absolute Gasteiger partial charge is 0.486 e. The molecule has 2 rings (SSSR count). The number of halogens is 6. The first-order valence-corrected chi connectivity index (χ1v) is 14.3. The lowest BCUT2D eigenvalue weighted by molar-refractivity contribution is -0.278. The van der Waals surface area contributed by atoms with Crippen molar-refractivity contribution < 1.29 is 74.8 Å². The Kier molecular flexibility index (Phi) is 13.6. The molecule has 1 heterocycles. The average Bonchev–Trinajstić information content (AvgIpc) is 3.09. The minimum absolute atomic E-state index is 0.0976. The summed E-state index contributed by atoms with van der Waals surface area (Å²) in [6.07, 6.45) is -8.83. The van der Waals surface area contributed by atoms with Crippen LogP contribution in [0.2, 0.25) is 0 Å². The molecule has 0 saturated heterocycles. The van der Waals surface area contributed by atoms with Gasteiger partial charge in [-0.05, 0) is 32.4 Å². The van der Waals surface area contributed by atoms with Crippen molar-refractivity contribution >= 4 is 41.4 Å². The van der Waals surface area contributed by atoms with Gasteiger partial charge in [-0.1, -0.05) is 0 Å². The van der Waals surface area contributed by atoms with Crippen LogP contribution >= 0.6 is 0 Å². The predicted octanol–water partition coefficient (Wildman–Crippen LogP) is -0.476. The van der Waals surface area contributed by atoms with Crippen molar-refractivity contribution in [1.29, 1.82) is 0 Å². The Morgan fingerprint density at radius 3 is 2.31 bits per heavy atom. The summed E-state index contributed by atoms with van der Waals surface area (Å²) in [5, 5.41) is 26.8. The lowest BCUT2D eigenvalue weighted by atomic mass is 10.0. The lowest BCUT2D eigenvalue weighted by Crippen LogP contribution is -2.63. The van der Waals surface area contributed by atoms with Gasteiger partial charge in [-0.15, -0.1) is 0 Å². The number of amides is 5. The first kappa shape index (κ1) is 40.3. The number of carbonyl (C=O) groups is 6. The number of nitrogens with zero attached hydrogens (tertiary/aromatic N) is 1. The molecule has 8 N–H and O–H groups in total. The first-order valence-electron chi connectivity index (χ1n) is 14.3. The van der Waals surface area contributed by atoms with Gasteiger partial charge in [0.05, 0.1) is 24.8 Å². The molecule has 1 aliphatic heterocycles. The van der Waals surface area contributed by atoms with Gasteiger partial charge in [0.2, 0.25) is 11.5 Å². The van der Waals surface area contributed by atoms with Crippen LogP contribution in [-0.4, -0.2) is 115 Å². The molecular weight excluding hydrogens is 682 g/mol. The van der Waals surface area contributed by atoms with E-state index in [2.05, 4.69) is 10.6 Å². The molecule has 274 valence electrons. The van der Waals surface area contributed by atoms with E-state index in [9.17, 15) is 60.2 Å². The van der Waals surface area contributed by atoms with Gasteiger partial charge in [-0.3, -0.25) is 24.0 Å². The highest BCUT2D eigenvalue weighted by Crippen LogP contribution is 2.35. The number of fused-ring (bicyclic) bond motifs is 1. The molecule has 1 aliphatic rings. The molecule has 1 unspecified atom stereocenters. The fraction of sp³-hybridized carbons (Fsp3) is 0.556. The van der Waals surface area contributed by atoms with Crippen LogP contribution in [0.25, 0.3) is 0 Å². The van der Waals surface area contributed by atoms with Crippen molar-refractivity contribution in [1.82, 2.24) is 21.3 Å². The number of rotatable bonds is 15. The number of nitrogens with one attached hydrogen (secondary N) is 4. The fourth-order valence-electron chi connectivity index (χ4n) is 3.99. The topological polar surface area (TPSA) is 239 Å². The van der Waals surface area contributed by atoms with E-state index in [4.69, 9.17) is 20.3 Å². The first-order chi connectivity index (χ1) is 22.6. The number of anilines is 1. The van der Waals surface area contributed by atoms with Gasteiger partial charge in [-0.25, -0.2) is 9.18 Å². The number of nitrogens with two attached hydrogens (primary N) is 1. The second-order valence-electron chi connectivity index (χ2n) is 10.7. The highest BCUT2D eigenvalue weighted by molar-refractivity contribution is 6.10. The van der Waals surface area contributed by atoms with Crippen molar-refractivity contribution in [3.63, 3.8) is 0 Å². The summed E-state index contributed by atoms with van der Waals surface area (Å²) in [6.45, 7) is -1.90. The zero-order valence-electron chi connectivity index (χ0n) is 25.9. The van der Waals surface area contributed by atoms with E-state index in [1.807, 2.05) is 5.32 Å². The van der Waals surface area contributed by atoms with Crippen molar-refractivity contribution in [3.8, 4) is 5.75 Å². The summed E-state index contributed by atoms with van der Waals surface area (Å²) in [6, 6.07) is 0.102. The second kappa shape index (κ2) is 16.5. The number of carboxylic acids is 1. The minimum Gasteiger partial charge on any atom is -0.486 e. The standard InChI is InChI=1S/C27H34F6N6O10/c1-13-19(38-23(45)25(2,47)22(44)37-12-26(29,30)27(31,32)33)21(43)39(16-11-14(28)3-5-17(16)49-13)9-10-48-24(46)36-8-7-35-20(42)15(34)4-6-18(40)41/h3,5,11,13,15,19,47H,4,6-10,12,34H2,1-2H3,(H,35,42)(H,36,46)(H,37,44)(H,38,45)(H,40,41)/t13-,15+,19+,25?/m1/s1. The molecule has 49 heavy (non-hydrogen) atoms. The number of carboxylic acid groups (broad SMARTS) is 1. The highest BCUT2D eigenvalue weighted by atomic mass is 19.4. The molecule has 22 heteroatoms. The molecule has 0 fully saturated rings. The molecule has 16 nitrogen and oxygen atoms in total. The highest BCUT2D eigenvalue weighted by Gasteiger charge is 2.58. The Morgan fingerprint density at radius 2 is 1.69 bits per heavy atom. The number of aliphatic carboxylic acids is 1. The summed E-state index contributed by atoms with van der Waals surface area (Å²) < 4.78 is 88.7. The van der Waals surface area contributed by atoms with Gasteiger partial charge in [0.1, 0.15) is 30.3 Å². The van der Waals surface area contributed by atoms with E-state index < -0.39 is 97.1 Å². The average molecular weight is 717 g/mol. The van der Waals surface area contributed by atoms with Gasteiger partial charge >= 0.3 is 24.2 Å². The van der Waals surface area contributed by atoms with E-state index in [0.29, 0.717) is 6.92 Å². The zero-order chi connectivity index (χ0) is 37.3. The SMILES string of the molecule is C[C@H]1Oc2ccc(F)cc2N(CCOC(=O)NCCNC(=O)[C@@H](N)CCC(=O)O)C(=O)[C@H]1NC(=O)C(C)(O)C(=O)NCC(F)(F)C(F)(F)F. The lowest BCUT2D eigenvalue weighted by Gasteiger charge is -2.29. The molecule has 0 saturated carbocycles. The number of alkyl halides is 5. The number of carbonyl (C=O) groups excluding carboxylic acids is 5. The van der Waals surface area contributed by atoms with Crippen molar-refractivity contribution in [2.75, 3.05) is 37.7 Å². The normalized spacial score (nSPS) is 18.1. The maximum absolute atomic E-state index is 14.2. The molecule has 0 spiro atoms. The Morgan fingerprint density at radius 1 is 1.06 bits per heavy atom. The van der Waals surface area contributed by atoms with E-state index >= 15 is 0 Å². The van der Waals surface area contributed by atoms with Gasteiger partial charge in [-0.2, -0.15) is 22.0 Å². The Bertz CT molecular complexity index is 1410. The number of alkyl carbamates (subject to hydrolysis) is 1. The monoisotopic (exact) mass is 716 g/mol. The predicted molar refractivity (Wildman–Crippen MR) is 153 cm³/mol. The van der Waals surface area contributed by atoms with Crippen LogP contribution in [0.15, 0.2) is 18.2 Å². The number of hydrogen-bond acceptors (Lipinski definition) is 10. The summed E-state index contributed by atoms with van der Waals surface area (Å²) in [4.78, 5) is 74.1. The third kappa shape index (κ3) is 11.1. The van der Waals surface area contributed by atoms with Crippen molar-refractivity contribution in [2.24, 2.45) is 5.73 Å². The van der Waals surface area contributed by atoms with E-state index in [1.165, 1.54) is 6.92 Å². The van der Waals surface area contributed by atoms with Gasteiger partial charge < -0.3 is 51.6 Å². The molecule has 0 radical (unpaired) electrons. The number of benzene rings is 1. The van der Waals surface area contributed by atoms with Crippen LogP contribution in [0.4, 0.5) is 36.8 Å². The van der Waals surface area contributed by atoms with Gasteiger partial charge in [0, 0.05) is 25.6 Å². The maximum atomic E-state index is 14.2. The fourth-order valence-corrected chi connectivity index (χ4v) is 3.99. The minimum atomic E-state index is -6.05.